The molecule has 0 unspecified atom stereocenters. The second-order valence-electron chi connectivity index (χ2n) is 3.66. The molecule has 0 aromatic carbocycles. The van der Waals surface area contributed by atoms with E-state index in [0.29, 0.717) is 5.69 Å². The molecule has 5 heteroatoms. The first-order valence-corrected chi connectivity index (χ1v) is 5.12. The molecule has 1 saturated heterocycles. The molecule has 82 valence electrons. The third-order valence-electron chi connectivity index (χ3n) is 2.46. The molecule has 0 spiro atoms. The van der Waals surface area contributed by atoms with Gasteiger partial charge in [0.05, 0.1) is 5.69 Å². The van der Waals surface area contributed by atoms with Crippen molar-refractivity contribution in [2.24, 2.45) is 0 Å². The van der Waals surface area contributed by atoms with Crippen LogP contribution in [0.25, 0.3) is 0 Å². The van der Waals surface area contributed by atoms with E-state index in [-0.39, 0.29) is 12.0 Å². The van der Waals surface area contributed by atoms with Gasteiger partial charge < -0.3 is 10.1 Å². The average molecular weight is 211 g/mol. The number of hydrogen-bond donors (Lipinski definition) is 1. The van der Waals surface area contributed by atoms with Gasteiger partial charge in [-0.3, -0.25) is 0 Å². The Bertz CT molecular complexity index is 339. The molecular formula is C10H14FN3O. The SMILES string of the molecule is Cc1ncnc(O[C@H]2CCCNC2)c1F. The molecule has 1 fully saturated rings. The van der Waals surface area contributed by atoms with E-state index >= 15 is 0 Å². The molecule has 1 aromatic heterocycles. The number of hydrogen-bond acceptors (Lipinski definition) is 4. The summed E-state index contributed by atoms with van der Waals surface area (Å²) in [5, 5.41) is 3.20. The van der Waals surface area contributed by atoms with Gasteiger partial charge in [0.2, 0.25) is 5.82 Å². The van der Waals surface area contributed by atoms with Crippen LogP contribution in [0.5, 0.6) is 5.88 Å². The molecule has 1 aliphatic heterocycles. The zero-order valence-corrected chi connectivity index (χ0v) is 8.66. The third kappa shape index (κ3) is 2.41. The van der Waals surface area contributed by atoms with Gasteiger partial charge in [-0.25, -0.2) is 4.98 Å². The topological polar surface area (TPSA) is 47.0 Å². The average Bonchev–Trinajstić information content (AvgIpc) is 2.26. The van der Waals surface area contributed by atoms with E-state index in [2.05, 4.69) is 15.3 Å². The minimum Gasteiger partial charge on any atom is -0.471 e. The first-order valence-electron chi connectivity index (χ1n) is 5.12. The molecule has 15 heavy (non-hydrogen) atoms. The van der Waals surface area contributed by atoms with Gasteiger partial charge in [-0.1, -0.05) is 0 Å². The molecule has 2 heterocycles. The minimum atomic E-state index is -0.455. The standard InChI is InChI=1S/C10H14FN3O/c1-7-9(11)10(14-6-13-7)15-8-3-2-4-12-5-8/h6,8,12H,2-5H2,1H3/t8-/m0/s1. The predicted octanol–water partition coefficient (Wildman–Crippen LogP) is 1.05. The van der Waals surface area contributed by atoms with Crippen molar-refractivity contribution < 1.29 is 9.13 Å². The summed E-state index contributed by atoms with van der Waals surface area (Å²) < 4.78 is 19.0. The van der Waals surface area contributed by atoms with Crippen LogP contribution < -0.4 is 10.1 Å². The van der Waals surface area contributed by atoms with Crippen LogP contribution >= 0.6 is 0 Å². The van der Waals surface area contributed by atoms with E-state index in [1.54, 1.807) is 6.92 Å². The molecule has 1 aromatic rings. The maximum Gasteiger partial charge on any atom is 0.254 e. The maximum atomic E-state index is 13.5. The van der Waals surface area contributed by atoms with Crippen LogP contribution in [0.3, 0.4) is 0 Å². The van der Waals surface area contributed by atoms with Crippen LogP contribution in [0, 0.1) is 12.7 Å². The summed E-state index contributed by atoms with van der Waals surface area (Å²) in [6, 6.07) is 0. The monoisotopic (exact) mass is 211 g/mol. The number of nitrogens with one attached hydrogen (secondary N) is 1. The first kappa shape index (κ1) is 10.3. The van der Waals surface area contributed by atoms with Crippen molar-refractivity contribution in [3.05, 3.63) is 17.8 Å². The second kappa shape index (κ2) is 4.53. The van der Waals surface area contributed by atoms with Crippen molar-refractivity contribution >= 4 is 0 Å². The highest BCUT2D eigenvalue weighted by atomic mass is 19.1. The molecule has 1 N–H and O–H groups in total. The Labute approximate surface area is 87.9 Å². The number of piperidine rings is 1. The third-order valence-corrected chi connectivity index (χ3v) is 2.46. The van der Waals surface area contributed by atoms with Gasteiger partial charge in [0.15, 0.2) is 0 Å². The summed E-state index contributed by atoms with van der Waals surface area (Å²) in [6.45, 7) is 3.36. The Balaban J connectivity index is 2.06. The van der Waals surface area contributed by atoms with Gasteiger partial charge in [0.25, 0.3) is 5.88 Å². The van der Waals surface area contributed by atoms with E-state index < -0.39 is 5.82 Å². The van der Waals surface area contributed by atoms with Gasteiger partial charge in [0.1, 0.15) is 12.4 Å². The number of nitrogens with zero attached hydrogens (tertiary/aromatic N) is 2. The van der Waals surface area contributed by atoms with E-state index in [1.807, 2.05) is 0 Å². The lowest BCUT2D eigenvalue weighted by Gasteiger charge is -2.23. The van der Waals surface area contributed by atoms with E-state index in [4.69, 9.17) is 4.74 Å². The maximum absolute atomic E-state index is 13.5. The van der Waals surface area contributed by atoms with Gasteiger partial charge >= 0.3 is 0 Å². The second-order valence-corrected chi connectivity index (χ2v) is 3.66. The number of aromatic nitrogens is 2. The Kier molecular flexibility index (Phi) is 3.11. The minimum absolute atomic E-state index is 0.0163. The first-order chi connectivity index (χ1) is 7.27. The predicted molar refractivity (Wildman–Crippen MR) is 53.2 cm³/mol. The van der Waals surface area contributed by atoms with Crippen molar-refractivity contribution in [1.29, 1.82) is 0 Å². The molecule has 0 amide bonds. The summed E-state index contributed by atoms with van der Waals surface area (Å²) in [5.74, 6) is -0.390. The Hall–Kier alpha value is -1.23. The zero-order valence-electron chi connectivity index (χ0n) is 8.66. The summed E-state index contributed by atoms with van der Waals surface area (Å²) in [7, 11) is 0. The molecule has 0 saturated carbocycles. The van der Waals surface area contributed by atoms with Crippen LogP contribution in [0.1, 0.15) is 18.5 Å². The van der Waals surface area contributed by atoms with Crippen molar-refractivity contribution in [2.45, 2.75) is 25.9 Å². The quantitative estimate of drug-likeness (QED) is 0.794. The molecule has 4 nitrogen and oxygen atoms in total. The Morgan fingerprint density at radius 3 is 3.13 bits per heavy atom. The van der Waals surface area contributed by atoms with Gasteiger partial charge in [-0.2, -0.15) is 9.37 Å². The van der Waals surface area contributed by atoms with Crippen LogP contribution in [0.15, 0.2) is 6.33 Å². The molecule has 2 rings (SSSR count). The van der Waals surface area contributed by atoms with Gasteiger partial charge in [-0.05, 0) is 26.3 Å². The number of halogens is 1. The molecule has 1 atom stereocenters. The fourth-order valence-corrected chi connectivity index (χ4v) is 1.60. The zero-order chi connectivity index (χ0) is 10.7. The molecular weight excluding hydrogens is 197 g/mol. The van der Waals surface area contributed by atoms with Gasteiger partial charge in [0, 0.05) is 6.54 Å². The van der Waals surface area contributed by atoms with Crippen molar-refractivity contribution in [2.75, 3.05) is 13.1 Å². The fourth-order valence-electron chi connectivity index (χ4n) is 1.60. The van der Waals surface area contributed by atoms with Crippen LogP contribution in [-0.2, 0) is 0 Å². The molecule has 0 radical (unpaired) electrons. The summed E-state index contributed by atoms with van der Waals surface area (Å²) >= 11 is 0. The van der Waals surface area contributed by atoms with Crippen molar-refractivity contribution in [1.82, 2.24) is 15.3 Å². The fraction of sp³-hybridized carbons (Fsp3) is 0.600. The van der Waals surface area contributed by atoms with Crippen molar-refractivity contribution in [3.63, 3.8) is 0 Å². The lowest BCUT2D eigenvalue weighted by Crippen LogP contribution is -2.37. The van der Waals surface area contributed by atoms with Gasteiger partial charge in [-0.15, -0.1) is 0 Å². The lowest BCUT2D eigenvalue weighted by atomic mass is 10.1. The van der Waals surface area contributed by atoms with Crippen LogP contribution in [0.2, 0.25) is 0 Å². The number of ether oxygens (including phenoxy) is 1. The van der Waals surface area contributed by atoms with Crippen molar-refractivity contribution in [3.8, 4) is 5.88 Å². The largest absolute Gasteiger partial charge is 0.471 e. The van der Waals surface area contributed by atoms with E-state index in [1.165, 1.54) is 6.33 Å². The molecule has 0 aliphatic carbocycles. The van der Waals surface area contributed by atoms with E-state index in [0.717, 1.165) is 25.9 Å². The smallest absolute Gasteiger partial charge is 0.254 e. The normalized spacial score (nSPS) is 21.3. The molecule has 1 aliphatic rings. The van der Waals surface area contributed by atoms with E-state index in [9.17, 15) is 4.39 Å². The van der Waals surface area contributed by atoms with Crippen LogP contribution in [0.4, 0.5) is 4.39 Å². The summed E-state index contributed by atoms with van der Waals surface area (Å²) in [4.78, 5) is 7.55. The molecule has 0 bridgehead atoms. The lowest BCUT2D eigenvalue weighted by molar-refractivity contribution is 0.152. The number of aryl methyl sites for hydroxylation is 1. The number of rotatable bonds is 2. The van der Waals surface area contributed by atoms with Crippen LogP contribution in [-0.4, -0.2) is 29.2 Å². The highest BCUT2D eigenvalue weighted by molar-refractivity contribution is 5.16. The summed E-state index contributed by atoms with van der Waals surface area (Å²) in [6.07, 6.45) is 3.33. The Morgan fingerprint density at radius 1 is 1.53 bits per heavy atom. The summed E-state index contributed by atoms with van der Waals surface area (Å²) in [5.41, 5.74) is 0.323. The highest BCUT2D eigenvalue weighted by Gasteiger charge is 2.18. The highest BCUT2D eigenvalue weighted by Crippen LogP contribution is 2.17. The Morgan fingerprint density at radius 2 is 2.40 bits per heavy atom.